The van der Waals surface area contributed by atoms with Crippen LogP contribution in [0.15, 0.2) is 24.3 Å². The van der Waals surface area contributed by atoms with E-state index in [4.69, 9.17) is 4.74 Å². The molecule has 1 aromatic rings. The third-order valence-corrected chi connectivity index (χ3v) is 3.50. The van der Waals surface area contributed by atoms with E-state index in [0.29, 0.717) is 5.92 Å². The largest absolute Gasteiger partial charge is 0.493 e. The number of ketones is 1. The topological polar surface area (TPSA) is 26.3 Å². The van der Waals surface area contributed by atoms with Crippen LogP contribution >= 0.6 is 0 Å². The Labute approximate surface area is 96.6 Å². The second-order valence-corrected chi connectivity index (χ2v) is 4.71. The highest BCUT2D eigenvalue weighted by Gasteiger charge is 2.27. The summed E-state index contributed by atoms with van der Waals surface area (Å²) in [6.07, 6.45) is 2.59. The number of ether oxygens (including phenoxy) is 1. The van der Waals surface area contributed by atoms with Gasteiger partial charge in [-0.1, -0.05) is 19.1 Å². The summed E-state index contributed by atoms with van der Waals surface area (Å²) >= 11 is 0. The quantitative estimate of drug-likeness (QED) is 0.725. The molecule has 0 saturated heterocycles. The van der Waals surface area contributed by atoms with Gasteiger partial charge in [0, 0.05) is 5.56 Å². The average Bonchev–Trinajstić information content (AvgIpc) is 2.27. The molecule has 1 saturated carbocycles. The van der Waals surface area contributed by atoms with Crippen molar-refractivity contribution in [2.45, 2.75) is 26.7 Å². The molecule has 2 atom stereocenters. The Morgan fingerprint density at radius 3 is 2.81 bits per heavy atom. The fourth-order valence-corrected chi connectivity index (χ4v) is 1.99. The van der Waals surface area contributed by atoms with Crippen molar-refractivity contribution in [3.63, 3.8) is 0 Å². The molecule has 0 N–H and O–H groups in total. The number of hydrogen-bond donors (Lipinski definition) is 0. The molecule has 1 fully saturated rings. The minimum absolute atomic E-state index is 0.0856. The maximum absolute atomic E-state index is 11.2. The van der Waals surface area contributed by atoms with E-state index >= 15 is 0 Å². The van der Waals surface area contributed by atoms with E-state index in [-0.39, 0.29) is 5.78 Å². The average molecular weight is 218 g/mol. The van der Waals surface area contributed by atoms with Gasteiger partial charge in [-0.25, -0.2) is 0 Å². The van der Waals surface area contributed by atoms with Crippen molar-refractivity contribution in [3.05, 3.63) is 29.8 Å². The van der Waals surface area contributed by atoms with Gasteiger partial charge in [-0.3, -0.25) is 4.79 Å². The number of carbonyl (C=O) groups excluding carboxylic acids is 1. The first-order valence-corrected chi connectivity index (χ1v) is 5.90. The molecule has 0 unspecified atom stereocenters. The summed E-state index contributed by atoms with van der Waals surface area (Å²) in [4.78, 5) is 11.2. The first kappa shape index (κ1) is 11.2. The zero-order valence-corrected chi connectivity index (χ0v) is 9.90. The molecular formula is C14H18O2. The van der Waals surface area contributed by atoms with Crippen LogP contribution in [-0.4, -0.2) is 12.4 Å². The third kappa shape index (κ3) is 2.43. The highest BCUT2D eigenvalue weighted by Crippen LogP contribution is 2.33. The molecule has 2 nitrogen and oxygen atoms in total. The first-order valence-electron chi connectivity index (χ1n) is 5.90. The zero-order chi connectivity index (χ0) is 11.5. The van der Waals surface area contributed by atoms with Gasteiger partial charge in [-0.2, -0.15) is 0 Å². The summed E-state index contributed by atoms with van der Waals surface area (Å²) in [5, 5.41) is 0. The molecule has 86 valence electrons. The van der Waals surface area contributed by atoms with Crippen LogP contribution in [0.1, 0.15) is 37.0 Å². The van der Waals surface area contributed by atoms with Crippen molar-refractivity contribution in [3.8, 4) is 5.75 Å². The Hall–Kier alpha value is -1.31. The van der Waals surface area contributed by atoms with Crippen LogP contribution in [0.4, 0.5) is 0 Å². The molecule has 16 heavy (non-hydrogen) atoms. The van der Waals surface area contributed by atoms with Crippen LogP contribution < -0.4 is 4.74 Å². The van der Waals surface area contributed by atoms with E-state index < -0.39 is 0 Å². The number of benzene rings is 1. The number of carbonyl (C=O) groups is 1. The van der Waals surface area contributed by atoms with Crippen molar-refractivity contribution in [1.82, 2.24) is 0 Å². The first-order chi connectivity index (χ1) is 7.66. The van der Waals surface area contributed by atoms with Gasteiger partial charge in [-0.05, 0) is 43.7 Å². The maximum Gasteiger partial charge on any atom is 0.159 e. The summed E-state index contributed by atoms with van der Waals surface area (Å²) in [6.45, 7) is 4.62. The number of hydrogen-bond acceptors (Lipinski definition) is 2. The highest BCUT2D eigenvalue weighted by atomic mass is 16.5. The smallest absolute Gasteiger partial charge is 0.159 e. The van der Waals surface area contributed by atoms with Gasteiger partial charge in [-0.15, -0.1) is 0 Å². The zero-order valence-electron chi connectivity index (χ0n) is 9.90. The summed E-state index contributed by atoms with van der Waals surface area (Å²) in [5.74, 6) is 2.38. The normalized spacial score (nSPS) is 23.6. The lowest BCUT2D eigenvalue weighted by Crippen LogP contribution is -2.28. The molecule has 0 amide bonds. The van der Waals surface area contributed by atoms with Crippen molar-refractivity contribution in [2.24, 2.45) is 11.8 Å². The van der Waals surface area contributed by atoms with E-state index in [2.05, 4.69) is 6.92 Å². The van der Waals surface area contributed by atoms with Crippen molar-refractivity contribution >= 4 is 5.78 Å². The van der Waals surface area contributed by atoms with Crippen molar-refractivity contribution < 1.29 is 9.53 Å². The molecule has 0 aliphatic heterocycles. The lowest BCUT2D eigenvalue weighted by atomic mass is 9.75. The maximum atomic E-state index is 11.2. The molecule has 1 aliphatic rings. The lowest BCUT2D eigenvalue weighted by Gasteiger charge is -2.33. The van der Waals surface area contributed by atoms with Crippen LogP contribution in [0.25, 0.3) is 0 Å². The summed E-state index contributed by atoms with van der Waals surface area (Å²) in [6, 6.07) is 7.43. The summed E-state index contributed by atoms with van der Waals surface area (Å²) < 4.78 is 5.72. The monoisotopic (exact) mass is 218 g/mol. The molecule has 2 heteroatoms. The van der Waals surface area contributed by atoms with Gasteiger partial charge in [0.25, 0.3) is 0 Å². The van der Waals surface area contributed by atoms with Crippen LogP contribution in [0, 0.1) is 11.8 Å². The Balaban J connectivity index is 1.93. The second kappa shape index (κ2) is 4.69. The SMILES string of the molecule is CC(=O)c1cccc(OC[C@@H]2CC[C@H]2C)c1. The summed E-state index contributed by atoms with van der Waals surface area (Å²) in [7, 11) is 0. The van der Waals surface area contributed by atoms with Crippen LogP contribution in [0.5, 0.6) is 5.75 Å². The van der Waals surface area contributed by atoms with Crippen molar-refractivity contribution in [1.29, 1.82) is 0 Å². The molecule has 0 spiro atoms. The van der Waals surface area contributed by atoms with Crippen LogP contribution in [0.3, 0.4) is 0 Å². The predicted molar refractivity (Wildman–Crippen MR) is 63.8 cm³/mol. The van der Waals surface area contributed by atoms with Crippen LogP contribution in [-0.2, 0) is 0 Å². The highest BCUT2D eigenvalue weighted by molar-refractivity contribution is 5.94. The minimum atomic E-state index is 0.0856. The van der Waals surface area contributed by atoms with E-state index in [1.165, 1.54) is 12.8 Å². The molecule has 0 radical (unpaired) electrons. The Morgan fingerprint density at radius 2 is 2.25 bits per heavy atom. The van der Waals surface area contributed by atoms with Gasteiger partial charge < -0.3 is 4.74 Å². The minimum Gasteiger partial charge on any atom is -0.493 e. The summed E-state index contributed by atoms with van der Waals surface area (Å²) in [5.41, 5.74) is 0.721. The number of Topliss-reactive ketones (excluding diaryl/α,β-unsaturated/α-hetero) is 1. The lowest BCUT2D eigenvalue weighted by molar-refractivity contribution is 0.101. The fraction of sp³-hybridized carbons (Fsp3) is 0.500. The molecule has 2 rings (SSSR count). The number of rotatable bonds is 4. The molecule has 0 heterocycles. The standard InChI is InChI=1S/C14H18O2/c1-10-6-7-13(10)9-16-14-5-3-4-12(8-14)11(2)15/h3-5,8,10,13H,6-7,9H2,1-2H3/t10-,13+/m1/s1. The van der Waals surface area contributed by atoms with E-state index in [1.807, 2.05) is 24.3 Å². The Bertz CT molecular complexity index is 384. The van der Waals surface area contributed by atoms with E-state index in [1.54, 1.807) is 6.92 Å². The molecule has 0 bridgehead atoms. The molecular weight excluding hydrogens is 200 g/mol. The molecule has 0 aromatic heterocycles. The molecule has 1 aromatic carbocycles. The van der Waals surface area contributed by atoms with Gasteiger partial charge >= 0.3 is 0 Å². The fourth-order valence-electron chi connectivity index (χ4n) is 1.99. The predicted octanol–water partition coefficient (Wildman–Crippen LogP) is 3.31. The van der Waals surface area contributed by atoms with Gasteiger partial charge in [0.2, 0.25) is 0 Å². The van der Waals surface area contributed by atoms with E-state index in [9.17, 15) is 4.79 Å². The van der Waals surface area contributed by atoms with E-state index in [0.717, 1.165) is 23.8 Å². The second-order valence-electron chi connectivity index (χ2n) is 4.71. The van der Waals surface area contributed by atoms with Crippen molar-refractivity contribution in [2.75, 3.05) is 6.61 Å². The van der Waals surface area contributed by atoms with Gasteiger partial charge in [0.1, 0.15) is 5.75 Å². The van der Waals surface area contributed by atoms with Crippen LogP contribution in [0.2, 0.25) is 0 Å². The van der Waals surface area contributed by atoms with Gasteiger partial charge in [0.15, 0.2) is 5.78 Å². The Kier molecular flexibility index (Phi) is 3.28. The third-order valence-electron chi connectivity index (χ3n) is 3.50. The van der Waals surface area contributed by atoms with Gasteiger partial charge in [0.05, 0.1) is 6.61 Å². The molecule has 1 aliphatic carbocycles. The Morgan fingerprint density at radius 1 is 1.44 bits per heavy atom.